The fourth-order valence-electron chi connectivity index (χ4n) is 11.2. The fraction of sp³-hybridized carbons (Fsp3) is 0.400. The van der Waals surface area contributed by atoms with Gasteiger partial charge in [-0.3, -0.25) is 28.1 Å². The number of carbonyl (C=O) groups excluding carboxylic acids is 1. The molecule has 4 atom stereocenters. The molecule has 17 heteroatoms. The molecule has 3 aromatic carbocycles. The van der Waals surface area contributed by atoms with E-state index < -0.39 is 22.8 Å². The van der Waals surface area contributed by atoms with Gasteiger partial charge in [-0.2, -0.15) is 10.2 Å². The Morgan fingerprint density at radius 3 is 2.36 bits per heavy atom. The Hall–Kier alpha value is -6.88. The van der Waals surface area contributed by atoms with Gasteiger partial charge in [0.15, 0.2) is 11.6 Å². The number of benzene rings is 3. The summed E-state index contributed by atoms with van der Waals surface area (Å²) in [5, 5.41) is 15.0. The van der Waals surface area contributed by atoms with Crippen molar-refractivity contribution in [3.8, 4) is 17.2 Å². The molecule has 4 aliphatic rings. The van der Waals surface area contributed by atoms with E-state index in [4.69, 9.17) is 14.4 Å². The van der Waals surface area contributed by atoms with E-state index in [9.17, 15) is 9.59 Å². The Kier molecular flexibility index (Phi) is 9.03. The number of amides is 1. The molecule has 0 unspecified atom stereocenters. The van der Waals surface area contributed by atoms with Crippen molar-refractivity contribution >= 4 is 27.7 Å². The van der Waals surface area contributed by atoms with E-state index in [2.05, 4.69) is 54.2 Å². The Bertz CT molecular complexity index is 3470. The molecule has 3 fully saturated rings. The number of nitrogens with one attached hydrogen (secondary N) is 1. The highest BCUT2D eigenvalue weighted by atomic mass is 19.1. The number of imidazole rings is 1. The van der Waals surface area contributed by atoms with Gasteiger partial charge < -0.3 is 14.2 Å². The van der Waals surface area contributed by atoms with Gasteiger partial charge in [0, 0.05) is 41.5 Å². The Labute approximate surface area is 382 Å². The first-order valence-electron chi connectivity index (χ1n) is 23.1. The zero-order valence-electron chi connectivity index (χ0n) is 38.1. The molecule has 0 radical (unpaired) electrons. The number of rotatable bonds is 8. The van der Waals surface area contributed by atoms with Crippen LogP contribution in [-0.2, 0) is 23.2 Å². The van der Waals surface area contributed by atoms with Gasteiger partial charge in [0.2, 0.25) is 0 Å². The summed E-state index contributed by atoms with van der Waals surface area (Å²) in [7, 11) is 0. The van der Waals surface area contributed by atoms with Crippen molar-refractivity contribution < 1.29 is 22.8 Å². The van der Waals surface area contributed by atoms with Gasteiger partial charge >= 0.3 is 11.4 Å². The van der Waals surface area contributed by atoms with Gasteiger partial charge in [-0.1, -0.05) is 18.1 Å². The van der Waals surface area contributed by atoms with E-state index in [0.29, 0.717) is 70.2 Å². The van der Waals surface area contributed by atoms with Gasteiger partial charge in [0.05, 0.1) is 52.4 Å². The minimum atomic E-state index is -0.839. The maximum Gasteiger partial charge on any atom is 0.438 e. The van der Waals surface area contributed by atoms with Crippen molar-refractivity contribution in [1.29, 1.82) is 0 Å². The lowest BCUT2D eigenvalue weighted by Gasteiger charge is -2.35. The molecule has 1 saturated heterocycles. The zero-order chi connectivity index (χ0) is 46.4. The van der Waals surface area contributed by atoms with Gasteiger partial charge in [-0.05, 0) is 144 Å². The van der Waals surface area contributed by atoms with Crippen LogP contribution in [0.2, 0.25) is 0 Å². The maximum atomic E-state index is 16.3. The number of aromatic amines is 1. The lowest BCUT2D eigenvalue weighted by Crippen LogP contribution is -2.44. The zero-order valence-corrected chi connectivity index (χ0v) is 38.1. The molecule has 0 spiro atoms. The number of aryl methyl sites for hydroxylation is 2. The Morgan fingerprint density at radius 1 is 0.910 bits per heavy atom. The average Bonchev–Trinajstić information content (AvgIpc) is 3.84. The molecule has 2 aliphatic heterocycles. The number of nitrogens with zero attached hydrogens (tertiary/aromatic N) is 9. The summed E-state index contributed by atoms with van der Waals surface area (Å²) in [4.78, 5) is 47.1. The molecule has 15 nitrogen and oxygen atoms in total. The quantitative estimate of drug-likeness (QED) is 0.161. The molecule has 5 aromatic heterocycles. The molecule has 1 amide bonds. The summed E-state index contributed by atoms with van der Waals surface area (Å²) in [5.41, 5.74) is 4.20. The van der Waals surface area contributed by atoms with Crippen LogP contribution < -0.4 is 11.4 Å². The SMILES string of the molecule is Cc1cc(-n2nc3c(c2-n2ccn(-c4ccc5c(cnn5C5CC5)c4F)c2=O)C[C@@H](C)N(C(=O)c2cc4cc([C@H]5CCOC(C)(C)C5)ccc4n2[C@@]2(c4noc(=O)[nH]4)C[C@@H]2C)C3)cc(C)c1F. The maximum absolute atomic E-state index is 16.3. The van der Waals surface area contributed by atoms with E-state index in [0.717, 1.165) is 42.1 Å². The third-order valence-electron chi connectivity index (χ3n) is 14.9. The van der Waals surface area contributed by atoms with E-state index in [1.807, 2.05) is 22.2 Å². The summed E-state index contributed by atoms with van der Waals surface area (Å²) >= 11 is 0. The first-order chi connectivity index (χ1) is 32.1. The minimum absolute atomic E-state index is 0.0130. The topological polar surface area (TPSA) is 156 Å². The van der Waals surface area contributed by atoms with Crippen LogP contribution in [0.25, 0.3) is 39.0 Å². The standard InChI is InChI=1S/C50H50F2N10O5/c1-26-17-34(18-27(2)42(26)51)62-44(58-15-14-57(48(58)65)40-12-11-39-36(43(40)52)24-53-61(39)33-8-9-33)35-19-29(4)59(25-37(35)55-62)45(63)41-21-32-20-30(31-13-16-66-49(5,6)23-31)7-10-38(32)60(41)50(22-28(50)3)46-54-47(64)67-56-46/h7,10-12,14-15,17-18,20-21,24,28-29,31,33H,8-9,13,16,19,22-23,25H2,1-6H3,(H,54,56,64)/t28-,29+,31-,50-/m0/s1. The van der Waals surface area contributed by atoms with Crippen molar-refractivity contribution in [2.75, 3.05) is 6.61 Å². The van der Waals surface area contributed by atoms with E-state index in [1.165, 1.54) is 27.1 Å². The lowest BCUT2D eigenvalue weighted by molar-refractivity contribution is -0.0592. The Morgan fingerprint density at radius 2 is 1.66 bits per heavy atom. The number of H-pyrrole nitrogens is 1. The summed E-state index contributed by atoms with van der Waals surface area (Å²) in [5.74, 6) is -0.730. The monoisotopic (exact) mass is 908 g/mol. The molecule has 1 N–H and O–H groups in total. The second-order valence-electron chi connectivity index (χ2n) is 20.0. The number of carbonyl (C=O) groups is 1. The van der Waals surface area contributed by atoms with Crippen LogP contribution in [0.1, 0.15) is 116 Å². The molecule has 7 heterocycles. The highest BCUT2D eigenvalue weighted by Crippen LogP contribution is 2.56. The number of hydrogen-bond donors (Lipinski definition) is 1. The molecule has 2 saturated carbocycles. The predicted octanol–water partition coefficient (Wildman–Crippen LogP) is 8.07. The van der Waals surface area contributed by atoms with Crippen LogP contribution in [0.5, 0.6) is 0 Å². The van der Waals surface area contributed by atoms with Crippen molar-refractivity contribution in [2.24, 2.45) is 5.92 Å². The molecular formula is C50H50F2N10O5. The number of fused-ring (bicyclic) bond motifs is 3. The predicted molar refractivity (Wildman–Crippen MR) is 244 cm³/mol. The average molecular weight is 909 g/mol. The smallest absolute Gasteiger partial charge is 0.376 e. The second kappa shape index (κ2) is 14.6. The van der Waals surface area contributed by atoms with Gasteiger partial charge in [0.1, 0.15) is 22.9 Å². The molecule has 0 bridgehead atoms. The summed E-state index contributed by atoms with van der Waals surface area (Å²) in [6.07, 6.45) is 9.31. The van der Waals surface area contributed by atoms with Crippen LogP contribution in [0.15, 0.2) is 81.2 Å². The first-order valence-corrected chi connectivity index (χ1v) is 23.1. The van der Waals surface area contributed by atoms with Gasteiger partial charge in [-0.25, -0.2) is 23.1 Å². The fourth-order valence-corrected chi connectivity index (χ4v) is 11.2. The van der Waals surface area contributed by atoms with Crippen LogP contribution in [0.4, 0.5) is 8.78 Å². The summed E-state index contributed by atoms with van der Waals surface area (Å²) < 4.78 is 50.8. The highest BCUT2D eigenvalue weighted by molar-refractivity contribution is 6.00. The molecule has 8 aromatic rings. The lowest BCUT2D eigenvalue weighted by atomic mass is 9.83. The summed E-state index contributed by atoms with van der Waals surface area (Å²) in [6, 6.07) is 15.0. The number of aromatic nitrogens is 9. The van der Waals surface area contributed by atoms with E-state index in [1.54, 1.807) is 53.9 Å². The van der Waals surface area contributed by atoms with Gasteiger partial charge in [0.25, 0.3) is 5.91 Å². The van der Waals surface area contributed by atoms with E-state index in [-0.39, 0.29) is 53.5 Å². The molecular weight excluding hydrogens is 859 g/mol. The normalized spacial score (nSPS) is 22.5. The van der Waals surface area contributed by atoms with Crippen LogP contribution in [-0.4, -0.2) is 72.5 Å². The van der Waals surface area contributed by atoms with Crippen molar-refractivity contribution in [3.63, 3.8) is 0 Å². The van der Waals surface area contributed by atoms with Crippen LogP contribution in [0.3, 0.4) is 0 Å². The molecule has 2 aliphatic carbocycles. The minimum Gasteiger partial charge on any atom is -0.376 e. The summed E-state index contributed by atoms with van der Waals surface area (Å²) in [6.45, 7) is 12.4. The third-order valence-corrected chi connectivity index (χ3v) is 14.9. The van der Waals surface area contributed by atoms with Crippen molar-refractivity contribution in [3.05, 3.63) is 139 Å². The van der Waals surface area contributed by atoms with Crippen LogP contribution >= 0.6 is 0 Å². The molecule has 67 heavy (non-hydrogen) atoms. The Balaban J connectivity index is 0.970. The highest BCUT2D eigenvalue weighted by Gasteiger charge is 2.59. The van der Waals surface area contributed by atoms with E-state index >= 15 is 13.6 Å². The molecule has 12 rings (SSSR count). The van der Waals surface area contributed by atoms with Gasteiger partial charge in [-0.15, -0.1) is 0 Å². The van der Waals surface area contributed by atoms with Crippen molar-refractivity contribution in [2.45, 2.75) is 116 Å². The van der Waals surface area contributed by atoms with Crippen LogP contribution in [0, 0.1) is 31.4 Å². The third kappa shape index (κ3) is 6.36. The van der Waals surface area contributed by atoms with Crippen molar-refractivity contribution in [1.82, 2.24) is 48.3 Å². The number of halogens is 2. The number of hydrogen-bond acceptors (Lipinski definition) is 8. The molecule has 344 valence electrons. The second-order valence-corrected chi connectivity index (χ2v) is 20.0. The largest absolute Gasteiger partial charge is 0.438 e. The first kappa shape index (κ1) is 41.5. The number of ether oxygens (including phenoxy) is 1.